The summed E-state index contributed by atoms with van der Waals surface area (Å²) in [5.74, 6) is -0.407. The molecule has 1 unspecified atom stereocenters. The van der Waals surface area contributed by atoms with Crippen LogP contribution in [-0.2, 0) is 14.3 Å². The van der Waals surface area contributed by atoms with Gasteiger partial charge in [0.1, 0.15) is 12.4 Å². The summed E-state index contributed by atoms with van der Waals surface area (Å²) in [7, 11) is 0. The lowest BCUT2D eigenvalue weighted by molar-refractivity contribution is -0.213. The number of amides is 2. The molecule has 10 heteroatoms. The molecule has 1 aromatic rings. The van der Waals surface area contributed by atoms with Gasteiger partial charge in [0.15, 0.2) is 12.7 Å². The van der Waals surface area contributed by atoms with Gasteiger partial charge in [-0.15, -0.1) is 0 Å². The fraction of sp³-hybridized carbons (Fsp3) is 0.636. The van der Waals surface area contributed by atoms with Crippen LogP contribution in [0.25, 0.3) is 0 Å². The average Bonchev–Trinajstić information content (AvgIpc) is 2.71. The van der Waals surface area contributed by atoms with E-state index in [2.05, 4.69) is 29.2 Å². The number of hydrogen-bond acceptors (Lipinski definition) is 4. The normalized spacial score (nSPS) is 17.9. The van der Waals surface area contributed by atoms with Crippen molar-refractivity contribution in [1.29, 1.82) is 0 Å². The van der Waals surface area contributed by atoms with Gasteiger partial charge in [-0.25, -0.2) is 0 Å². The molecule has 2 rings (SSSR count). The summed E-state index contributed by atoms with van der Waals surface area (Å²) in [5, 5.41) is 5.88. The lowest BCUT2D eigenvalue weighted by Gasteiger charge is -2.36. The van der Waals surface area contributed by atoms with Crippen molar-refractivity contribution in [3.05, 3.63) is 29.3 Å². The highest BCUT2D eigenvalue weighted by Crippen LogP contribution is 2.23. The maximum atomic E-state index is 12.3. The number of halogens is 4. The van der Waals surface area contributed by atoms with Crippen LogP contribution >= 0.6 is 11.6 Å². The van der Waals surface area contributed by atoms with Gasteiger partial charge in [-0.1, -0.05) is 45.7 Å². The maximum Gasteiger partial charge on any atom is 0.414 e. The highest BCUT2D eigenvalue weighted by atomic mass is 35.5. The van der Waals surface area contributed by atoms with Gasteiger partial charge in [-0.3, -0.25) is 9.59 Å². The van der Waals surface area contributed by atoms with E-state index in [1.54, 1.807) is 24.3 Å². The van der Waals surface area contributed by atoms with Gasteiger partial charge >= 0.3 is 6.18 Å². The van der Waals surface area contributed by atoms with Crippen molar-refractivity contribution >= 4 is 23.4 Å². The van der Waals surface area contributed by atoms with E-state index in [0.717, 1.165) is 6.92 Å². The zero-order chi connectivity index (χ0) is 24.7. The van der Waals surface area contributed by atoms with Gasteiger partial charge in [-0.05, 0) is 44.0 Å². The molecule has 0 aliphatic heterocycles. The predicted molar refractivity (Wildman–Crippen MR) is 119 cm³/mol. The Kier molecular flexibility index (Phi) is 14.8. The molecule has 2 amide bonds. The summed E-state index contributed by atoms with van der Waals surface area (Å²) < 4.78 is 46.7. The Morgan fingerprint density at radius 2 is 1.47 bits per heavy atom. The third-order valence-corrected chi connectivity index (χ3v) is 4.23. The molecule has 1 aliphatic carbocycles. The van der Waals surface area contributed by atoms with Gasteiger partial charge in [0, 0.05) is 17.1 Å². The number of carbonyl (C=O) groups excluding carboxylic acids is 2. The van der Waals surface area contributed by atoms with Crippen LogP contribution in [0.2, 0.25) is 5.02 Å². The van der Waals surface area contributed by atoms with E-state index in [1.807, 2.05) is 13.8 Å². The predicted octanol–water partition coefficient (Wildman–Crippen LogP) is 4.89. The van der Waals surface area contributed by atoms with Crippen molar-refractivity contribution in [1.82, 2.24) is 10.6 Å². The molecule has 0 saturated heterocycles. The summed E-state index contributed by atoms with van der Waals surface area (Å²) in [6.45, 7) is 8.27. The first-order valence-electron chi connectivity index (χ1n) is 10.7. The van der Waals surface area contributed by atoms with E-state index in [1.165, 1.54) is 6.42 Å². The molecular formula is C22H34ClF3N2O4. The highest BCUT2D eigenvalue weighted by molar-refractivity contribution is 6.30. The van der Waals surface area contributed by atoms with Gasteiger partial charge < -0.3 is 20.1 Å². The summed E-state index contributed by atoms with van der Waals surface area (Å²) in [5.41, 5.74) is 0. The second-order valence-corrected chi connectivity index (χ2v) is 7.38. The first kappa shape index (κ1) is 30.0. The zero-order valence-corrected chi connectivity index (χ0v) is 20.0. The standard InChI is InChI=1S/C17H20ClF3N2O4.C3H8.C2H6/c1-10(17(19,20)21)26-8-15(24)22-12-6-13(7-12)23-16(25)9-27-14-4-2-11(18)3-5-14;1-3-2;1-2/h2-5,10,12-13H,6-9H2,1H3,(H,22,24)(H,23,25);3H2,1-2H3;1-2H3. The Balaban J connectivity index is 0.00000177. The van der Waals surface area contributed by atoms with E-state index in [-0.39, 0.29) is 24.6 Å². The number of nitrogens with one attached hydrogen (secondary N) is 2. The molecule has 1 atom stereocenters. The largest absolute Gasteiger partial charge is 0.484 e. The van der Waals surface area contributed by atoms with Crippen LogP contribution in [0.4, 0.5) is 13.2 Å². The SMILES string of the molecule is CC.CC(OCC(=O)NC1CC(NC(=O)COc2ccc(Cl)cc2)C1)C(F)(F)F.CCC. The van der Waals surface area contributed by atoms with Crippen molar-refractivity contribution < 1.29 is 32.2 Å². The summed E-state index contributed by atoms with van der Waals surface area (Å²) in [6.07, 6.45) is -4.27. The quantitative estimate of drug-likeness (QED) is 0.553. The second kappa shape index (κ2) is 15.7. The molecule has 184 valence electrons. The van der Waals surface area contributed by atoms with E-state index in [9.17, 15) is 22.8 Å². The Hall–Kier alpha value is -2.00. The van der Waals surface area contributed by atoms with Crippen molar-refractivity contribution in [2.24, 2.45) is 0 Å². The molecule has 0 spiro atoms. The van der Waals surface area contributed by atoms with E-state index in [0.29, 0.717) is 23.6 Å². The fourth-order valence-electron chi connectivity index (χ4n) is 2.37. The smallest absolute Gasteiger partial charge is 0.414 e. The Bertz CT molecular complexity index is 666. The third-order valence-electron chi connectivity index (χ3n) is 3.98. The molecule has 1 aliphatic rings. The van der Waals surface area contributed by atoms with Gasteiger partial charge in [0.05, 0.1) is 0 Å². The van der Waals surface area contributed by atoms with Crippen molar-refractivity contribution in [3.63, 3.8) is 0 Å². The zero-order valence-electron chi connectivity index (χ0n) is 19.2. The van der Waals surface area contributed by atoms with Crippen LogP contribution in [0.5, 0.6) is 5.75 Å². The number of alkyl halides is 3. The van der Waals surface area contributed by atoms with E-state index >= 15 is 0 Å². The number of benzene rings is 1. The average molecular weight is 483 g/mol. The van der Waals surface area contributed by atoms with Crippen LogP contribution in [0, 0.1) is 0 Å². The van der Waals surface area contributed by atoms with E-state index in [4.69, 9.17) is 16.3 Å². The van der Waals surface area contributed by atoms with E-state index < -0.39 is 24.8 Å². The summed E-state index contributed by atoms with van der Waals surface area (Å²) >= 11 is 5.75. The second-order valence-electron chi connectivity index (χ2n) is 6.94. The first-order chi connectivity index (χ1) is 15.0. The van der Waals surface area contributed by atoms with Crippen LogP contribution < -0.4 is 15.4 Å². The first-order valence-corrected chi connectivity index (χ1v) is 11.1. The van der Waals surface area contributed by atoms with Crippen LogP contribution in [0.15, 0.2) is 24.3 Å². The molecule has 32 heavy (non-hydrogen) atoms. The molecule has 6 nitrogen and oxygen atoms in total. The Morgan fingerprint density at radius 3 is 1.91 bits per heavy atom. The highest BCUT2D eigenvalue weighted by Gasteiger charge is 2.37. The Labute approximate surface area is 193 Å². The molecule has 2 N–H and O–H groups in total. The minimum atomic E-state index is -4.50. The molecule has 0 heterocycles. The van der Waals surface area contributed by atoms with Crippen LogP contribution in [0.3, 0.4) is 0 Å². The van der Waals surface area contributed by atoms with Crippen molar-refractivity contribution in [2.45, 2.75) is 78.2 Å². The molecular weight excluding hydrogens is 449 g/mol. The molecule has 1 fully saturated rings. The molecule has 1 aromatic carbocycles. The summed E-state index contributed by atoms with van der Waals surface area (Å²) in [6, 6.07) is 6.26. The number of rotatable bonds is 8. The van der Waals surface area contributed by atoms with Gasteiger partial charge in [0.2, 0.25) is 5.91 Å². The number of hydrogen-bond donors (Lipinski definition) is 2. The van der Waals surface area contributed by atoms with Crippen molar-refractivity contribution in [2.75, 3.05) is 13.2 Å². The number of ether oxygens (including phenoxy) is 2. The minimum absolute atomic E-state index is 0.119. The molecule has 0 radical (unpaired) electrons. The monoisotopic (exact) mass is 482 g/mol. The lowest BCUT2D eigenvalue weighted by Crippen LogP contribution is -2.55. The Morgan fingerprint density at radius 1 is 1.03 bits per heavy atom. The molecule has 1 saturated carbocycles. The third kappa shape index (κ3) is 12.8. The lowest BCUT2D eigenvalue weighted by atomic mass is 9.86. The van der Waals surface area contributed by atoms with Crippen LogP contribution in [-0.4, -0.2) is 49.4 Å². The van der Waals surface area contributed by atoms with Gasteiger partial charge in [0.25, 0.3) is 5.91 Å². The molecule has 0 bridgehead atoms. The van der Waals surface area contributed by atoms with Crippen LogP contribution in [0.1, 0.15) is 53.9 Å². The molecule has 0 aromatic heterocycles. The number of carbonyl (C=O) groups is 2. The fourth-order valence-corrected chi connectivity index (χ4v) is 2.49. The summed E-state index contributed by atoms with van der Waals surface area (Å²) in [4.78, 5) is 23.4. The minimum Gasteiger partial charge on any atom is -0.484 e. The van der Waals surface area contributed by atoms with Gasteiger partial charge in [-0.2, -0.15) is 13.2 Å². The maximum absolute atomic E-state index is 12.3. The van der Waals surface area contributed by atoms with Crippen molar-refractivity contribution in [3.8, 4) is 5.75 Å². The topological polar surface area (TPSA) is 76.7 Å².